The number of aryl methyl sites for hydroxylation is 1. The van der Waals surface area contributed by atoms with Crippen LogP contribution in [0.2, 0.25) is 0 Å². The van der Waals surface area contributed by atoms with Crippen LogP contribution in [0.4, 0.5) is 4.39 Å². The first-order valence-corrected chi connectivity index (χ1v) is 5.66. The van der Waals surface area contributed by atoms with Crippen LogP contribution < -0.4 is 5.32 Å². The van der Waals surface area contributed by atoms with Crippen molar-refractivity contribution in [3.05, 3.63) is 35.3 Å². The Morgan fingerprint density at radius 2 is 2.25 bits per heavy atom. The summed E-state index contributed by atoms with van der Waals surface area (Å²) in [4.78, 5) is 0. The molecular weight excluding hydrogens is 203 g/mol. The van der Waals surface area contributed by atoms with E-state index < -0.39 is 0 Å². The van der Waals surface area contributed by atoms with Gasteiger partial charge in [0.25, 0.3) is 0 Å². The number of para-hydroxylation sites is 1. The van der Waals surface area contributed by atoms with Gasteiger partial charge in [-0.3, -0.25) is 0 Å². The van der Waals surface area contributed by atoms with E-state index in [2.05, 4.69) is 12.2 Å². The van der Waals surface area contributed by atoms with Crippen molar-refractivity contribution in [3.63, 3.8) is 0 Å². The summed E-state index contributed by atoms with van der Waals surface area (Å²) in [6.45, 7) is 4.00. The molecule has 84 valence electrons. The summed E-state index contributed by atoms with van der Waals surface area (Å²) in [5.41, 5.74) is 3.28. The average molecular weight is 218 g/mol. The van der Waals surface area contributed by atoms with Gasteiger partial charge in [-0.1, -0.05) is 19.1 Å². The van der Waals surface area contributed by atoms with Crippen LogP contribution in [0.5, 0.6) is 0 Å². The number of nitrogens with one attached hydrogen (secondary N) is 1. The molecule has 3 heteroatoms. The van der Waals surface area contributed by atoms with E-state index in [1.165, 1.54) is 17.3 Å². The van der Waals surface area contributed by atoms with Crippen molar-refractivity contribution in [2.24, 2.45) is 7.05 Å². The molecule has 0 amide bonds. The van der Waals surface area contributed by atoms with E-state index in [4.69, 9.17) is 0 Å². The van der Waals surface area contributed by atoms with E-state index in [1.54, 1.807) is 6.07 Å². The highest BCUT2D eigenvalue weighted by molar-refractivity contribution is 5.86. The molecule has 16 heavy (non-hydrogen) atoms. The average Bonchev–Trinajstić information content (AvgIpc) is 2.56. The molecule has 0 saturated carbocycles. The summed E-state index contributed by atoms with van der Waals surface area (Å²) >= 11 is 0. The van der Waals surface area contributed by atoms with Gasteiger partial charge < -0.3 is 9.88 Å². The number of hydrogen-bond acceptors (Lipinski definition) is 1. The van der Waals surface area contributed by atoms with E-state index in [1.807, 2.05) is 17.7 Å². The lowest BCUT2D eigenvalue weighted by Crippen LogP contribution is -2.27. The Kier molecular flexibility index (Phi) is 2.04. The molecule has 0 spiro atoms. The van der Waals surface area contributed by atoms with Gasteiger partial charge in [-0.25, -0.2) is 4.39 Å². The zero-order chi connectivity index (χ0) is 11.3. The van der Waals surface area contributed by atoms with Gasteiger partial charge in [-0.15, -0.1) is 0 Å². The molecule has 2 heterocycles. The fraction of sp³-hybridized carbons (Fsp3) is 0.385. The summed E-state index contributed by atoms with van der Waals surface area (Å²) in [5, 5.41) is 4.43. The SMILES string of the molecule is CC1CNCc2c1n(C)c1c(F)cccc21. The van der Waals surface area contributed by atoms with E-state index in [0.29, 0.717) is 5.92 Å². The molecule has 1 aromatic carbocycles. The number of benzene rings is 1. The van der Waals surface area contributed by atoms with Gasteiger partial charge >= 0.3 is 0 Å². The van der Waals surface area contributed by atoms with Gasteiger partial charge in [0.05, 0.1) is 5.52 Å². The van der Waals surface area contributed by atoms with Crippen LogP contribution >= 0.6 is 0 Å². The lowest BCUT2D eigenvalue weighted by Gasteiger charge is -2.21. The largest absolute Gasteiger partial charge is 0.345 e. The second-order valence-electron chi connectivity index (χ2n) is 4.59. The second-order valence-corrected chi connectivity index (χ2v) is 4.59. The molecule has 0 fully saturated rings. The summed E-state index contributed by atoms with van der Waals surface area (Å²) in [7, 11) is 1.96. The maximum atomic E-state index is 13.8. The molecule has 1 atom stereocenters. The Morgan fingerprint density at radius 1 is 1.44 bits per heavy atom. The van der Waals surface area contributed by atoms with E-state index in [9.17, 15) is 4.39 Å². The second kappa shape index (κ2) is 3.32. The fourth-order valence-electron chi connectivity index (χ4n) is 2.88. The summed E-state index contributed by atoms with van der Waals surface area (Å²) in [6.07, 6.45) is 0. The lowest BCUT2D eigenvalue weighted by molar-refractivity contribution is 0.546. The number of halogens is 1. The smallest absolute Gasteiger partial charge is 0.147 e. The number of hydrogen-bond donors (Lipinski definition) is 1. The Hall–Kier alpha value is -1.35. The number of aromatic nitrogens is 1. The van der Waals surface area contributed by atoms with Crippen molar-refractivity contribution in [1.29, 1.82) is 0 Å². The van der Waals surface area contributed by atoms with Crippen molar-refractivity contribution in [1.82, 2.24) is 9.88 Å². The topological polar surface area (TPSA) is 17.0 Å². The first-order chi connectivity index (χ1) is 7.70. The van der Waals surface area contributed by atoms with E-state index >= 15 is 0 Å². The minimum absolute atomic E-state index is 0.124. The first kappa shape index (κ1) is 9.85. The third-order valence-electron chi connectivity index (χ3n) is 3.54. The van der Waals surface area contributed by atoms with Crippen LogP contribution in [-0.4, -0.2) is 11.1 Å². The molecule has 2 nitrogen and oxygen atoms in total. The van der Waals surface area contributed by atoms with Crippen molar-refractivity contribution in [3.8, 4) is 0 Å². The van der Waals surface area contributed by atoms with Gasteiger partial charge in [0.2, 0.25) is 0 Å². The quantitative estimate of drug-likeness (QED) is 0.719. The molecule has 3 rings (SSSR count). The molecular formula is C13H15FN2. The predicted molar refractivity (Wildman–Crippen MR) is 63.0 cm³/mol. The molecule has 1 aliphatic rings. The van der Waals surface area contributed by atoms with Crippen LogP contribution in [0.3, 0.4) is 0 Å². The Balaban J connectivity index is 2.43. The molecule has 1 N–H and O–H groups in total. The van der Waals surface area contributed by atoms with Crippen LogP contribution in [0.15, 0.2) is 18.2 Å². The molecule has 0 saturated heterocycles. The van der Waals surface area contributed by atoms with Crippen LogP contribution in [0.1, 0.15) is 24.1 Å². The highest BCUT2D eigenvalue weighted by Crippen LogP contribution is 2.33. The van der Waals surface area contributed by atoms with Gasteiger partial charge in [-0.05, 0) is 11.6 Å². The molecule has 2 aromatic rings. The first-order valence-electron chi connectivity index (χ1n) is 5.66. The minimum atomic E-state index is -0.124. The molecule has 1 aliphatic heterocycles. The Morgan fingerprint density at radius 3 is 3.06 bits per heavy atom. The van der Waals surface area contributed by atoms with Gasteiger partial charge in [0.15, 0.2) is 0 Å². The van der Waals surface area contributed by atoms with Gasteiger partial charge in [0.1, 0.15) is 5.82 Å². The molecule has 1 aromatic heterocycles. The van der Waals surface area contributed by atoms with Crippen LogP contribution in [-0.2, 0) is 13.6 Å². The lowest BCUT2D eigenvalue weighted by atomic mass is 9.98. The van der Waals surface area contributed by atoms with Crippen molar-refractivity contribution in [2.75, 3.05) is 6.54 Å². The Bertz CT molecular complexity index is 557. The van der Waals surface area contributed by atoms with Crippen molar-refractivity contribution < 1.29 is 4.39 Å². The van der Waals surface area contributed by atoms with Gasteiger partial charge in [0, 0.05) is 37.1 Å². The summed E-state index contributed by atoms with van der Waals surface area (Å²) in [6, 6.07) is 5.33. The highest BCUT2D eigenvalue weighted by atomic mass is 19.1. The fourth-order valence-corrected chi connectivity index (χ4v) is 2.88. The van der Waals surface area contributed by atoms with E-state index in [-0.39, 0.29) is 5.82 Å². The zero-order valence-electron chi connectivity index (χ0n) is 9.55. The summed E-state index contributed by atoms with van der Waals surface area (Å²) in [5.74, 6) is 0.321. The molecule has 0 bridgehead atoms. The van der Waals surface area contributed by atoms with Crippen molar-refractivity contribution in [2.45, 2.75) is 19.4 Å². The Labute approximate surface area is 94.1 Å². The van der Waals surface area contributed by atoms with Crippen LogP contribution in [0, 0.1) is 5.82 Å². The van der Waals surface area contributed by atoms with Crippen molar-refractivity contribution >= 4 is 10.9 Å². The maximum absolute atomic E-state index is 13.8. The van der Waals surface area contributed by atoms with Crippen LogP contribution in [0.25, 0.3) is 10.9 Å². The van der Waals surface area contributed by atoms with Gasteiger partial charge in [-0.2, -0.15) is 0 Å². The summed E-state index contributed by atoms with van der Waals surface area (Å²) < 4.78 is 15.8. The number of nitrogens with zero attached hydrogens (tertiary/aromatic N) is 1. The number of rotatable bonds is 0. The zero-order valence-corrected chi connectivity index (χ0v) is 9.55. The predicted octanol–water partition coefficient (Wildman–Crippen LogP) is 2.52. The molecule has 1 unspecified atom stereocenters. The molecule has 0 radical (unpaired) electrons. The number of fused-ring (bicyclic) bond motifs is 3. The standard InChI is InChI=1S/C13H15FN2/c1-8-6-15-7-10-9-4-3-5-11(14)13(9)16(2)12(8)10/h3-5,8,15H,6-7H2,1-2H3. The normalized spacial score (nSPS) is 20.1. The van der Waals surface area contributed by atoms with E-state index in [0.717, 1.165) is 24.0 Å². The maximum Gasteiger partial charge on any atom is 0.147 e. The molecule has 0 aliphatic carbocycles. The highest BCUT2D eigenvalue weighted by Gasteiger charge is 2.24. The third-order valence-corrected chi connectivity index (χ3v) is 3.54. The monoisotopic (exact) mass is 218 g/mol. The third kappa shape index (κ3) is 1.15. The minimum Gasteiger partial charge on any atom is -0.345 e.